The van der Waals surface area contributed by atoms with E-state index in [0.29, 0.717) is 10.0 Å². The largest absolute Gasteiger partial charge is 0.353 e. The van der Waals surface area contributed by atoms with Crippen LogP contribution in [0.15, 0.2) is 54.7 Å². The normalized spacial score (nSPS) is 15.0. The molecule has 28 heavy (non-hydrogen) atoms. The zero-order valence-electron chi connectivity index (χ0n) is 15.8. The van der Waals surface area contributed by atoms with Crippen LogP contribution in [0.2, 0.25) is 10.0 Å². The molecule has 0 radical (unpaired) electrons. The molecule has 4 rings (SSSR count). The van der Waals surface area contributed by atoms with E-state index in [1.807, 2.05) is 54.7 Å². The van der Waals surface area contributed by atoms with Gasteiger partial charge in [0.05, 0.1) is 17.6 Å². The van der Waals surface area contributed by atoms with E-state index in [9.17, 15) is 0 Å². The van der Waals surface area contributed by atoms with E-state index >= 15 is 0 Å². The van der Waals surface area contributed by atoms with Crippen molar-refractivity contribution in [3.05, 3.63) is 64.8 Å². The number of rotatable bonds is 4. The first kappa shape index (κ1) is 19.2. The van der Waals surface area contributed by atoms with Crippen LogP contribution in [0.1, 0.15) is 6.92 Å². The van der Waals surface area contributed by atoms with Gasteiger partial charge in [-0.1, -0.05) is 54.4 Å². The molecule has 0 unspecified atom stereocenters. The molecule has 0 bridgehead atoms. The molecule has 0 spiro atoms. The molecule has 144 valence electrons. The van der Waals surface area contributed by atoms with Crippen LogP contribution in [-0.2, 0) is 0 Å². The highest BCUT2D eigenvalue weighted by molar-refractivity contribution is 6.31. The Balaban J connectivity index is 1.74. The fraction of sp³-hybridized carbons (Fsp3) is 0.273. The minimum absolute atomic E-state index is 0.704. The molecule has 1 fully saturated rings. The van der Waals surface area contributed by atoms with E-state index in [1.54, 1.807) is 0 Å². The number of likely N-dealkylation sites (N-methyl/N-ethyl adjacent to an activating group) is 1. The van der Waals surface area contributed by atoms with Crippen molar-refractivity contribution in [2.75, 3.05) is 37.6 Å². The van der Waals surface area contributed by atoms with E-state index in [0.717, 1.165) is 61.1 Å². The highest BCUT2D eigenvalue weighted by atomic mass is 35.5. The van der Waals surface area contributed by atoms with Gasteiger partial charge in [0.25, 0.3) is 0 Å². The van der Waals surface area contributed by atoms with Crippen LogP contribution < -0.4 is 4.90 Å². The molecule has 2 heterocycles. The van der Waals surface area contributed by atoms with E-state index < -0.39 is 0 Å². The van der Waals surface area contributed by atoms with Crippen molar-refractivity contribution < 1.29 is 0 Å². The molecular formula is C22H22Cl2N4. The summed E-state index contributed by atoms with van der Waals surface area (Å²) in [5.41, 5.74) is 3.68. The van der Waals surface area contributed by atoms with Gasteiger partial charge < -0.3 is 9.80 Å². The lowest BCUT2D eigenvalue weighted by Crippen LogP contribution is -2.46. The van der Waals surface area contributed by atoms with Gasteiger partial charge in [0.15, 0.2) is 0 Å². The molecule has 1 aliphatic rings. The predicted molar refractivity (Wildman–Crippen MR) is 117 cm³/mol. The molecule has 1 saturated heterocycles. The van der Waals surface area contributed by atoms with Gasteiger partial charge in [0, 0.05) is 47.4 Å². The number of piperazine rings is 1. The number of halogens is 2. The second-order valence-corrected chi connectivity index (χ2v) is 7.73. The second-order valence-electron chi connectivity index (χ2n) is 6.86. The lowest BCUT2D eigenvalue weighted by Gasteiger charge is -2.34. The fourth-order valence-corrected chi connectivity index (χ4v) is 3.71. The molecule has 0 atom stereocenters. The third-order valence-electron chi connectivity index (χ3n) is 5.14. The summed E-state index contributed by atoms with van der Waals surface area (Å²) in [6, 6.07) is 15.5. The summed E-state index contributed by atoms with van der Waals surface area (Å²) >= 11 is 12.2. The Kier molecular flexibility index (Phi) is 5.81. The molecule has 2 aromatic carbocycles. The highest BCUT2D eigenvalue weighted by Gasteiger charge is 2.19. The zero-order valence-corrected chi connectivity index (χ0v) is 17.3. The summed E-state index contributed by atoms with van der Waals surface area (Å²) in [5.74, 6) is 0.915. The summed E-state index contributed by atoms with van der Waals surface area (Å²) in [5, 5.41) is 1.41. The van der Waals surface area contributed by atoms with Gasteiger partial charge in [-0.25, -0.2) is 4.98 Å². The first-order valence-electron chi connectivity index (χ1n) is 9.50. The standard InChI is InChI=1S/C22H22Cl2N4/c1-2-27-11-13-28(14-12-27)20-15-25-21(16-3-7-18(23)8-4-16)22(26-20)17-5-9-19(24)10-6-17/h3-10,15H,2,11-14H2,1H3. The smallest absolute Gasteiger partial charge is 0.147 e. The topological polar surface area (TPSA) is 32.3 Å². The Bertz CT molecular complexity index is 934. The first-order valence-corrected chi connectivity index (χ1v) is 10.3. The van der Waals surface area contributed by atoms with Crippen molar-refractivity contribution in [2.45, 2.75) is 6.92 Å². The first-order chi connectivity index (χ1) is 13.6. The van der Waals surface area contributed by atoms with Crippen molar-refractivity contribution in [1.29, 1.82) is 0 Å². The molecule has 0 aliphatic carbocycles. The zero-order chi connectivity index (χ0) is 19.5. The number of aromatic nitrogens is 2. The van der Waals surface area contributed by atoms with Gasteiger partial charge in [-0.05, 0) is 30.8 Å². The summed E-state index contributed by atoms with van der Waals surface area (Å²) < 4.78 is 0. The quantitative estimate of drug-likeness (QED) is 0.584. The lowest BCUT2D eigenvalue weighted by atomic mass is 10.0. The molecule has 4 nitrogen and oxygen atoms in total. The Morgan fingerprint density at radius 2 is 1.32 bits per heavy atom. The van der Waals surface area contributed by atoms with Gasteiger partial charge >= 0.3 is 0 Å². The maximum atomic E-state index is 6.09. The summed E-state index contributed by atoms with van der Waals surface area (Å²) in [6.45, 7) is 7.31. The van der Waals surface area contributed by atoms with Crippen molar-refractivity contribution in [3.63, 3.8) is 0 Å². The number of hydrogen-bond donors (Lipinski definition) is 0. The van der Waals surface area contributed by atoms with Gasteiger partial charge in [-0.3, -0.25) is 4.98 Å². The SMILES string of the molecule is CCN1CCN(c2cnc(-c3ccc(Cl)cc3)c(-c3ccc(Cl)cc3)n2)CC1. The third-order valence-corrected chi connectivity index (χ3v) is 5.64. The molecule has 0 N–H and O–H groups in total. The van der Waals surface area contributed by atoms with E-state index in [2.05, 4.69) is 16.7 Å². The van der Waals surface area contributed by atoms with Gasteiger partial charge in [-0.15, -0.1) is 0 Å². The molecule has 0 amide bonds. The predicted octanol–water partition coefficient (Wildman–Crippen LogP) is 5.26. The number of hydrogen-bond acceptors (Lipinski definition) is 4. The lowest BCUT2D eigenvalue weighted by molar-refractivity contribution is 0.270. The highest BCUT2D eigenvalue weighted by Crippen LogP contribution is 2.32. The van der Waals surface area contributed by atoms with Crippen LogP contribution in [-0.4, -0.2) is 47.6 Å². The Labute approximate surface area is 175 Å². The number of nitrogens with zero attached hydrogens (tertiary/aromatic N) is 4. The molecular weight excluding hydrogens is 391 g/mol. The Morgan fingerprint density at radius 1 is 0.786 bits per heavy atom. The van der Waals surface area contributed by atoms with E-state index in [4.69, 9.17) is 33.2 Å². The maximum absolute atomic E-state index is 6.09. The average Bonchev–Trinajstić information content (AvgIpc) is 2.75. The number of anilines is 1. The van der Waals surface area contributed by atoms with Crippen molar-refractivity contribution in [3.8, 4) is 22.5 Å². The average molecular weight is 413 g/mol. The monoisotopic (exact) mass is 412 g/mol. The summed E-state index contributed by atoms with van der Waals surface area (Å²) in [7, 11) is 0. The Hall–Kier alpha value is -2.14. The van der Waals surface area contributed by atoms with E-state index in [-0.39, 0.29) is 0 Å². The summed E-state index contributed by atoms with van der Waals surface area (Å²) in [4.78, 5) is 14.6. The molecule has 3 aromatic rings. The van der Waals surface area contributed by atoms with Crippen LogP contribution in [0, 0.1) is 0 Å². The minimum Gasteiger partial charge on any atom is -0.353 e. The third kappa shape index (κ3) is 4.14. The number of benzene rings is 2. The van der Waals surface area contributed by atoms with Gasteiger partial charge in [0.2, 0.25) is 0 Å². The van der Waals surface area contributed by atoms with Crippen molar-refractivity contribution >= 4 is 29.0 Å². The maximum Gasteiger partial charge on any atom is 0.147 e. The van der Waals surface area contributed by atoms with Crippen LogP contribution >= 0.6 is 23.2 Å². The molecule has 6 heteroatoms. The van der Waals surface area contributed by atoms with Crippen molar-refractivity contribution in [2.24, 2.45) is 0 Å². The Morgan fingerprint density at radius 3 is 1.86 bits per heavy atom. The molecule has 1 aliphatic heterocycles. The van der Waals surface area contributed by atoms with Crippen LogP contribution in [0.5, 0.6) is 0 Å². The van der Waals surface area contributed by atoms with Crippen molar-refractivity contribution in [1.82, 2.24) is 14.9 Å². The molecule has 1 aromatic heterocycles. The van der Waals surface area contributed by atoms with Crippen LogP contribution in [0.25, 0.3) is 22.5 Å². The van der Waals surface area contributed by atoms with Gasteiger partial charge in [0.1, 0.15) is 5.82 Å². The van der Waals surface area contributed by atoms with Crippen LogP contribution in [0.3, 0.4) is 0 Å². The van der Waals surface area contributed by atoms with Gasteiger partial charge in [-0.2, -0.15) is 0 Å². The molecule has 0 saturated carbocycles. The fourth-order valence-electron chi connectivity index (χ4n) is 3.45. The van der Waals surface area contributed by atoms with Crippen LogP contribution in [0.4, 0.5) is 5.82 Å². The summed E-state index contributed by atoms with van der Waals surface area (Å²) in [6.07, 6.45) is 1.88. The van der Waals surface area contributed by atoms with E-state index in [1.165, 1.54) is 0 Å². The minimum atomic E-state index is 0.704. The second kappa shape index (κ2) is 8.48.